The lowest BCUT2D eigenvalue weighted by atomic mass is 9.89. The molecule has 0 aromatic heterocycles. The van der Waals surface area contributed by atoms with Gasteiger partial charge in [0.1, 0.15) is 0 Å². The summed E-state index contributed by atoms with van der Waals surface area (Å²) in [6.07, 6.45) is 11.1. The van der Waals surface area contributed by atoms with E-state index in [1.54, 1.807) is 0 Å². The molecule has 2 rings (SSSR count). The molecule has 1 heterocycles. The minimum absolute atomic E-state index is 0.699. The minimum atomic E-state index is 0.699. The van der Waals surface area contributed by atoms with Gasteiger partial charge < -0.3 is 10.2 Å². The average molecular weight is 267 g/mol. The quantitative estimate of drug-likeness (QED) is 0.846. The fraction of sp³-hybridized carbons (Fsp3) is 1.00. The molecule has 1 saturated heterocycles. The molecule has 1 saturated carbocycles. The number of nitrogens with zero attached hydrogens (tertiary/aromatic N) is 2. The van der Waals surface area contributed by atoms with Gasteiger partial charge in [-0.1, -0.05) is 25.7 Å². The predicted octanol–water partition coefficient (Wildman–Crippen LogP) is 2.32. The summed E-state index contributed by atoms with van der Waals surface area (Å²) in [7, 11) is 6.79. The highest BCUT2D eigenvalue weighted by atomic mass is 15.2. The molecule has 0 bridgehead atoms. The van der Waals surface area contributed by atoms with Gasteiger partial charge in [0, 0.05) is 18.1 Å². The largest absolute Gasteiger partial charge is 0.315 e. The third-order valence-corrected chi connectivity index (χ3v) is 5.39. The summed E-state index contributed by atoms with van der Waals surface area (Å²) in [5, 5.41) is 3.60. The number of likely N-dealkylation sites (tertiary alicyclic amines) is 1. The van der Waals surface area contributed by atoms with Crippen molar-refractivity contribution in [3.63, 3.8) is 0 Å². The molecule has 2 aliphatic rings. The Kier molecular flexibility index (Phi) is 6.11. The van der Waals surface area contributed by atoms with Gasteiger partial charge in [0.15, 0.2) is 0 Å². The molecule has 0 radical (unpaired) electrons. The Morgan fingerprint density at radius 3 is 2.21 bits per heavy atom. The predicted molar refractivity (Wildman–Crippen MR) is 82.6 cm³/mol. The summed E-state index contributed by atoms with van der Waals surface area (Å²) >= 11 is 0. The standard InChI is InChI=1S/C16H33N3/c1-17-15-8-6-4-5-7-9-16(15)19(3)14-10-12-18(2)13-11-14/h14-17H,4-13H2,1-3H3. The summed E-state index contributed by atoms with van der Waals surface area (Å²) in [4.78, 5) is 5.19. The van der Waals surface area contributed by atoms with Crippen molar-refractivity contribution in [2.75, 3.05) is 34.2 Å². The Labute approximate surface area is 119 Å². The lowest BCUT2D eigenvalue weighted by molar-refractivity contribution is 0.0778. The normalized spacial score (nSPS) is 32.2. The summed E-state index contributed by atoms with van der Waals surface area (Å²) < 4.78 is 0. The van der Waals surface area contributed by atoms with E-state index in [2.05, 4.69) is 36.3 Å². The fourth-order valence-electron chi connectivity index (χ4n) is 3.96. The molecule has 0 aromatic rings. The maximum Gasteiger partial charge on any atom is 0.0249 e. The lowest BCUT2D eigenvalue weighted by Gasteiger charge is -2.43. The van der Waals surface area contributed by atoms with Crippen LogP contribution in [0.3, 0.4) is 0 Å². The zero-order chi connectivity index (χ0) is 13.7. The Bertz CT molecular complexity index is 248. The van der Waals surface area contributed by atoms with Crippen LogP contribution in [0.4, 0.5) is 0 Å². The molecular weight excluding hydrogens is 234 g/mol. The zero-order valence-corrected chi connectivity index (χ0v) is 13.2. The molecule has 1 aliphatic carbocycles. The molecule has 0 spiro atoms. The van der Waals surface area contributed by atoms with Crippen LogP contribution in [0, 0.1) is 0 Å². The van der Waals surface area contributed by atoms with Crippen LogP contribution in [-0.4, -0.2) is 62.2 Å². The van der Waals surface area contributed by atoms with E-state index in [1.807, 2.05) is 0 Å². The first-order chi connectivity index (χ1) is 9.22. The van der Waals surface area contributed by atoms with Gasteiger partial charge in [-0.15, -0.1) is 0 Å². The minimum Gasteiger partial charge on any atom is -0.315 e. The topological polar surface area (TPSA) is 18.5 Å². The summed E-state index contributed by atoms with van der Waals surface area (Å²) in [5.74, 6) is 0. The number of piperidine rings is 1. The van der Waals surface area contributed by atoms with E-state index in [9.17, 15) is 0 Å². The highest BCUT2D eigenvalue weighted by molar-refractivity contribution is 4.88. The average Bonchev–Trinajstić information content (AvgIpc) is 2.39. The smallest absolute Gasteiger partial charge is 0.0249 e. The second kappa shape index (κ2) is 7.61. The summed E-state index contributed by atoms with van der Waals surface area (Å²) in [6, 6.07) is 2.25. The van der Waals surface area contributed by atoms with Crippen LogP contribution in [0.1, 0.15) is 51.4 Å². The van der Waals surface area contributed by atoms with Crippen LogP contribution in [0.25, 0.3) is 0 Å². The maximum atomic E-state index is 3.60. The molecule has 2 unspecified atom stereocenters. The van der Waals surface area contributed by atoms with Crippen LogP contribution in [0.2, 0.25) is 0 Å². The second-order valence-corrected chi connectivity index (χ2v) is 6.65. The zero-order valence-electron chi connectivity index (χ0n) is 13.2. The highest BCUT2D eigenvalue weighted by Crippen LogP contribution is 2.25. The van der Waals surface area contributed by atoms with E-state index in [0.29, 0.717) is 6.04 Å². The second-order valence-electron chi connectivity index (χ2n) is 6.65. The molecule has 3 nitrogen and oxygen atoms in total. The van der Waals surface area contributed by atoms with Crippen LogP contribution < -0.4 is 5.32 Å². The van der Waals surface area contributed by atoms with Gasteiger partial charge in [0.25, 0.3) is 0 Å². The number of hydrogen-bond donors (Lipinski definition) is 1. The van der Waals surface area contributed by atoms with Crippen molar-refractivity contribution >= 4 is 0 Å². The SMILES string of the molecule is CNC1CCCCCCC1N(C)C1CCN(C)CC1. The molecule has 19 heavy (non-hydrogen) atoms. The third kappa shape index (κ3) is 4.17. The van der Waals surface area contributed by atoms with Gasteiger partial charge >= 0.3 is 0 Å². The molecular formula is C16H33N3. The van der Waals surface area contributed by atoms with E-state index in [-0.39, 0.29) is 0 Å². The van der Waals surface area contributed by atoms with Gasteiger partial charge in [0.2, 0.25) is 0 Å². The van der Waals surface area contributed by atoms with Crippen molar-refractivity contribution in [1.29, 1.82) is 0 Å². The lowest BCUT2D eigenvalue weighted by Crippen LogP contribution is -2.53. The van der Waals surface area contributed by atoms with Gasteiger partial charge in [-0.3, -0.25) is 4.90 Å². The van der Waals surface area contributed by atoms with E-state index in [4.69, 9.17) is 0 Å². The van der Waals surface area contributed by atoms with Crippen molar-refractivity contribution in [2.24, 2.45) is 0 Å². The first-order valence-electron chi connectivity index (χ1n) is 8.30. The molecule has 2 fully saturated rings. The van der Waals surface area contributed by atoms with Crippen molar-refractivity contribution in [3.05, 3.63) is 0 Å². The van der Waals surface area contributed by atoms with Gasteiger partial charge in [-0.05, 0) is 59.9 Å². The third-order valence-electron chi connectivity index (χ3n) is 5.39. The number of nitrogens with one attached hydrogen (secondary N) is 1. The first kappa shape index (κ1) is 15.3. The van der Waals surface area contributed by atoms with Crippen LogP contribution >= 0.6 is 0 Å². The van der Waals surface area contributed by atoms with E-state index in [0.717, 1.165) is 12.1 Å². The number of rotatable bonds is 3. The molecule has 0 aromatic carbocycles. The van der Waals surface area contributed by atoms with Crippen LogP contribution in [0.5, 0.6) is 0 Å². The summed E-state index contributed by atoms with van der Waals surface area (Å²) in [5.41, 5.74) is 0. The Morgan fingerprint density at radius 2 is 1.58 bits per heavy atom. The molecule has 2 atom stereocenters. The number of hydrogen-bond acceptors (Lipinski definition) is 3. The van der Waals surface area contributed by atoms with Crippen molar-refractivity contribution < 1.29 is 0 Å². The maximum absolute atomic E-state index is 3.60. The monoisotopic (exact) mass is 267 g/mol. The van der Waals surface area contributed by atoms with Crippen molar-refractivity contribution in [2.45, 2.75) is 69.5 Å². The van der Waals surface area contributed by atoms with Gasteiger partial charge in [-0.25, -0.2) is 0 Å². The van der Waals surface area contributed by atoms with E-state index >= 15 is 0 Å². The fourth-order valence-corrected chi connectivity index (χ4v) is 3.96. The molecule has 3 heteroatoms. The van der Waals surface area contributed by atoms with Gasteiger partial charge in [0.05, 0.1) is 0 Å². The Balaban J connectivity index is 1.94. The Morgan fingerprint density at radius 1 is 0.947 bits per heavy atom. The molecule has 1 aliphatic heterocycles. The van der Waals surface area contributed by atoms with E-state index < -0.39 is 0 Å². The number of likely N-dealkylation sites (N-methyl/N-ethyl adjacent to an activating group) is 2. The van der Waals surface area contributed by atoms with E-state index in [1.165, 1.54) is 64.5 Å². The molecule has 0 amide bonds. The Hall–Kier alpha value is -0.120. The highest BCUT2D eigenvalue weighted by Gasteiger charge is 2.30. The van der Waals surface area contributed by atoms with Crippen LogP contribution in [-0.2, 0) is 0 Å². The van der Waals surface area contributed by atoms with Crippen LogP contribution in [0.15, 0.2) is 0 Å². The van der Waals surface area contributed by atoms with Crippen molar-refractivity contribution in [1.82, 2.24) is 15.1 Å². The summed E-state index contributed by atoms with van der Waals surface area (Å²) in [6.45, 7) is 2.54. The molecule has 1 N–H and O–H groups in total. The molecule has 112 valence electrons. The van der Waals surface area contributed by atoms with Crippen molar-refractivity contribution in [3.8, 4) is 0 Å². The first-order valence-corrected chi connectivity index (χ1v) is 8.30. The van der Waals surface area contributed by atoms with Gasteiger partial charge in [-0.2, -0.15) is 0 Å².